The summed E-state index contributed by atoms with van der Waals surface area (Å²) in [5.74, 6) is -0.711. The second-order valence-corrected chi connectivity index (χ2v) is 12.0. The number of phenolic OH excluding ortho intramolecular Hbond substituents is 1. The van der Waals surface area contributed by atoms with Crippen molar-refractivity contribution in [1.82, 2.24) is 16.1 Å². The molecule has 0 saturated heterocycles. The maximum Gasteiger partial charge on any atom is 0.407 e. The number of benzene rings is 1. The number of hydrogen-bond acceptors (Lipinski definition) is 13. The number of thiol groups is 1. The standard InChI is InChI=1S/C35H61N3O12S/c1-2-3-4-5-6-7-8-9-10-33(37-32(40)13-26-51)49-24-22-47-20-18-45-16-14-44-15-17-46-19-21-48-23-25-50-35(42)36-28-29-11-12-30(31(39)27-29)34(41)38-43/h11-12,27,33,39,43,51H,2-10,13-26,28H2,1H3,(H,36,42)(H,37,40)(H,38,41). The third kappa shape index (κ3) is 26.7. The molecule has 0 heterocycles. The van der Waals surface area contributed by atoms with Crippen LogP contribution in [0.2, 0.25) is 0 Å². The van der Waals surface area contributed by atoms with Crippen LogP contribution < -0.4 is 16.1 Å². The molecule has 294 valence electrons. The van der Waals surface area contributed by atoms with Gasteiger partial charge in [0.15, 0.2) is 0 Å². The van der Waals surface area contributed by atoms with E-state index in [0.717, 1.165) is 19.3 Å². The van der Waals surface area contributed by atoms with Gasteiger partial charge in [0, 0.05) is 13.0 Å². The minimum atomic E-state index is -0.841. The van der Waals surface area contributed by atoms with Crippen molar-refractivity contribution in [2.24, 2.45) is 0 Å². The van der Waals surface area contributed by atoms with Crippen molar-refractivity contribution in [3.63, 3.8) is 0 Å². The SMILES string of the molecule is CCCCCCCCCCC(NC(=O)CCS)OCCOCCOCCOCCOCCOCCOC(=O)NCc1ccc(C(=O)NO)c(O)c1. The zero-order chi connectivity index (χ0) is 37.2. The van der Waals surface area contributed by atoms with Gasteiger partial charge in [-0.2, -0.15) is 12.6 Å². The maximum atomic E-state index is 12.0. The molecule has 1 rings (SSSR count). The Morgan fingerprint density at radius 3 is 1.80 bits per heavy atom. The summed E-state index contributed by atoms with van der Waals surface area (Å²) in [5.41, 5.74) is 1.88. The van der Waals surface area contributed by atoms with Crippen LogP contribution in [0.25, 0.3) is 0 Å². The first kappa shape index (κ1) is 46.3. The van der Waals surface area contributed by atoms with Crippen LogP contribution in [-0.2, 0) is 44.5 Å². The fourth-order valence-corrected chi connectivity index (χ4v) is 4.81. The highest BCUT2D eigenvalue weighted by Gasteiger charge is 2.13. The molecule has 1 aromatic carbocycles. The van der Waals surface area contributed by atoms with Crippen molar-refractivity contribution >= 4 is 30.5 Å². The van der Waals surface area contributed by atoms with Gasteiger partial charge in [-0.1, -0.05) is 57.9 Å². The van der Waals surface area contributed by atoms with Gasteiger partial charge in [-0.05, 0) is 36.3 Å². The first-order valence-electron chi connectivity index (χ1n) is 18.0. The highest BCUT2D eigenvalue weighted by molar-refractivity contribution is 7.80. The van der Waals surface area contributed by atoms with Gasteiger partial charge in [-0.3, -0.25) is 14.8 Å². The largest absolute Gasteiger partial charge is 0.507 e. The smallest absolute Gasteiger partial charge is 0.407 e. The van der Waals surface area contributed by atoms with E-state index in [1.54, 1.807) is 0 Å². The number of unbranched alkanes of at least 4 members (excludes halogenated alkanes) is 7. The number of aromatic hydroxyl groups is 1. The first-order valence-corrected chi connectivity index (χ1v) is 18.6. The van der Waals surface area contributed by atoms with Crippen LogP contribution in [0, 0.1) is 0 Å². The molecule has 0 fully saturated rings. The normalized spacial score (nSPS) is 11.7. The molecule has 0 aliphatic carbocycles. The van der Waals surface area contributed by atoms with E-state index in [4.69, 9.17) is 38.4 Å². The minimum absolute atomic E-state index is 0.0458. The van der Waals surface area contributed by atoms with Gasteiger partial charge in [0.05, 0.1) is 78.2 Å². The Hall–Kier alpha value is -2.70. The number of carbonyl (C=O) groups is 3. The molecule has 51 heavy (non-hydrogen) atoms. The zero-order valence-electron chi connectivity index (χ0n) is 30.2. The lowest BCUT2D eigenvalue weighted by molar-refractivity contribution is -0.126. The molecular weight excluding hydrogens is 686 g/mol. The lowest BCUT2D eigenvalue weighted by Crippen LogP contribution is -2.37. The Morgan fingerprint density at radius 2 is 1.27 bits per heavy atom. The van der Waals surface area contributed by atoms with Crippen molar-refractivity contribution in [3.8, 4) is 5.75 Å². The number of alkyl carbamates (subject to hydrolysis) is 1. The highest BCUT2D eigenvalue weighted by Crippen LogP contribution is 2.18. The molecule has 1 atom stereocenters. The number of rotatable bonds is 34. The summed E-state index contributed by atoms with van der Waals surface area (Å²) in [6, 6.07) is 4.14. The molecule has 0 radical (unpaired) electrons. The second-order valence-electron chi connectivity index (χ2n) is 11.5. The van der Waals surface area contributed by atoms with Gasteiger partial charge in [-0.25, -0.2) is 10.3 Å². The number of amides is 3. The van der Waals surface area contributed by atoms with E-state index in [2.05, 4.69) is 30.2 Å². The molecule has 16 heteroatoms. The molecular formula is C35H61N3O12S. The van der Waals surface area contributed by atoms with E-state index in [0.29, 0.717) is 83.8 Å². The minimum Gasteiger partial charge on any atom is -0.507 e. The molecule has 0 spiro atoms. The van der Waals surface area contributed by atoms with Crippen LogP contribution in [0.1, 0.15) is 87.1 Å². The molecule has 1 aromatic rings. The van der Waals surface area contributed by atoms with Crippen LogP contribution >= 0.6 is 12.6 Å². The summed E-state index contributed by atoms with van der Waals surface area (Å²) in [4.78, 5) is 35.2. The molecule has 3 amide bonds. The summed E-state index contributed by atoms with van der Waals surface area (Å²) in [6.07, 6.45) is 10.0. The second kappa shape index (κ2) is 33.2. The number of phenols is 1. The summed E-state index contributed by atoms with van der Waals surface area (Å²) in [5, 5.41) is 24.0. The Bertz CT molecular complexity index is 1040. The topological polar surface area (TPSA) is 192 Å². The molecule has 0 saturated carbocycles. The monoisotopic (exact) mass is 747 g/mol. The number of nitrogens with one attached hydrogen (secondary N) is 3. The van der Waals surface area contributed by atoms with Gasteiger partial charge in [0.25, 0.3) is 5.91 Å². The first-order chi connectivity index (χ1) is 24.9. The van der Waals surface area contributed by atoms with Crippen LogP contribution in [-0.4, -0.2) is 119 Å². The quantitative estimate of drug-likeness (QED) is 0.0195. The molecule has 5 N–H and O–H groups in total. The predicted molar refractivity (Wildman–Crippen MR) is 193 cm³/mol. The molecule has 1 unspecified atom stereocenters. The third-order valence-corrected chi connectivity index (χ3v) is 7.55. The highest BCUT2D eigenvalue weighted by atomic mass is 32.1. The van der Waals surface area contributed by atoms with Crippen molar-refractivity contribution in [1.29, 1.82) is 0 Å². The van der Waals surface area contributed by atoms with Crippen molar-refractivity contribution < 1.29 is 57.9 Å². The van der Waals surface area contributed by atoms with Crippen molar-refractivity contribution in [3.05, 3.63) is 29.3 Å². The zero-order valence-corrected chi connectivity index (χ0v) is 31.1. The van der Waals surface area contributed by atoms with Gasteiger partial charge >= 0.3 is 6.09 Å². The Labute approximate surface area is 308 Å². The molecule has 0 aliphatic rings. The lowest BCUT2D eigenvalue weighted by Gasteiger charge is -2.19. The van der Waals surface area contributed by atoms with Gasteiger partial charge in [-0.15, -0.1) is 0 Å². The molecule has 0 aliphatic heterocycles. The number of hydroxylamine groups is 1. The van der Waals surface area contributed by atoms with E-state index in [-0.39, 0.29) is 43.2 Å². The van der Waals surface area contributed by atoms with E-state index in [9.17, 15) is 19.5 Å². The van der Waals surface area contributed by atoms with Crippen LogP contribution in [0.4, 0.5) is 4.79 Å². The van der Waals surface area contributed by atoms with Crippen LogP contribution in [0.5, 0.6) is 5.75 Å². The number of carbonyl (C=O) groups excluding carboxylic acids is 3. The summed E-state index contributed by atoms with van der Waals surface area (Å²) < 4.78 is 38.3. The van der Waals surface area contributed by atoms with Crippen LogP contribution in [0.3, 0.4) is 0 Å². The van der Waals surface area contributed by atoms with E-state index in [1.807, 2.05) is 0 Å². The van der Waals surface area contributed by atoms with E-state index in [1.165, 1.54) is 62.2 Å². The lowest BCUT2D eigenvalue weighted by atomic mass is 10.1. The van der Waals surface area contributed by atoms with Gasteiger partial charge in [0.1, 0.15) is 18.6 Å². The molecule has 0 bridgehead atoms. The average Bonchev–Trinajstić information content (AvgIpc) is 3.12. The van der Waals surface area contributed by atoms with Crippen molar-refractivity contribution in [2.75, 3.05) is 85.0 Å². The summed E-state index contributed by atoms with van der Waals surface area (Å²) >= 11 is 4.14. The van der Waals surface area contributed by atoms with Crippen LogP contribution in [0.15, 0.2) is 18.2 Å². The number of ether oxygens (including phenoxy) is 7. The van der Waals surface area contributed by atoms with E-state index >= 15 is 0 Å². The molecule has 0 aromatic heterocycles. The third-order valence-electron chi connectivity index (χ3n) is 7.32. The van der Waals surface area contributed by atoms with E-state index < -0.39 is 12.0 Å². The Balaban J connectivity index is 1.91. The predicted octanol–water partition coefficient (Wildman–Crippen LogP) is 4.13. The fraction of sp³-hybridized carbons (Fsp3) is 0.743. The Kier molecular flexibility index (Phi) is 30.1. The maximum absolute atomic E-state index is 12.0. The van der Waals surface area contributed by atoms with Gasteiger partial charge in [0.2, 0.25) is 5.91 Å². The van der Waals surface area contributed by atoms with Crippen molar-refractivity contribution in [2.45, 2.75) is 83.9 Å². The Morgan fingerprint density at radius 1 is 0.745 bits per heavy atom. The summed E-state index contributed by atoms with van der Waals surface area (Å²) in [6.45, 7) is 6.61. The number of hydrogen-bond donors (Lipinski definition) is 6. The fourth-order valence-electron chi connectivity index (χ4n) is 4.60. The summed E-state index contributed by atoms with van der Waals surface area (Å²) in [7, 11) is 0. The molecule has 15 nitrogen and oxygen atoms in total. The van der Waals surface area contributed by atoms with Gasteiger partial charge < -0.3 is 48.9 Å². The average molecular weight is 748 g/mol.